The first kappa shape index (κ1) is 54.4. The molecule has 6 nitrogen and oxygen atoms in total. The summed E-state index contributed by atoms with van der Waals surface area (Å²) in [4.78, 5) is 37.8. The lowest BCUT2D eigenvalue weighted by atomic mass is 10.0. The van der Waals surface area contributed by atoms with Crippen LogP contribution in [0.4, 0.5) is 0 Å². The van der Waals surface area contributed by atoms with Crippen molar-refractivity contribution >= 4 is 17.9 Å². The van der Waals surface area contributed by atoms with Gasteiger partial charge in [-0.3, -0.25) is 14.4 Å². The third-order valence-electron chi connectivity index (χ3n) is 10.3. The van der Waals surface area contributed by atoms with Gasteiger partial charge < -0.3 is 14.2 Å². The predicted molar refractivity (Wildman–Crippen MR) is 242 cm³/mol. The zero-order chi connectivity index (χ0) is 41.5. The Morgan fingerprint density at radius 3 is 1.14 bits per heavy atom. The second kappa shape index (κ2) is 46.1. The molecular formula is C51H90O6. The summed E-state index contributed by atoms with van der Waals surface area (Å²) < 4.78 is 16.7. The molecule has 0 aromatic heterocycles. The summed E-state index contributed by atoms with van der Waals surface area (Å²) in [6.45, 7) is 6.46. The van der Waals surface area contributed by atoms with Gasteiger partial charge in [0.25, 0.3) is 0 Å². The lowest BCUT2D eigenvalue weighted by molar-refractivity contribution is -0.167. The molecule has 330 valence electrons. The standard InChI is InChI=1S/C51H90O6/c1-4-7-10-13-16-19-22-24-25-26-28-29-32-35-38-41-44-50(53)56-47-48(46-55-49(52)43-40-37-34-31-21-18-15-12-9-6-3)57-51(54)45-42-39-36-33-30-27-23-20-17-14-11-8-5-2/h7,10,15-16,18-19,24-25,48H,4-6,8-9,11-14,17,20-23,26-47H2,1-3H3/b10-7-,18-15-,19-16-,25-24-. The van der Waals surface area contributed by atoms with Crippen molar-refractivity contribution in [3.05, 3.63) is 48.6 Å². The molecule has 0 saturated carbocycles. The molecular weight excluding hydrogens is 709 g/mol. The molecule has 0 fully saturated rings. The Balaban J connectivity index is 4.37. The SMILES string of the molecule is CC/C=C\C/C=C\C/C=C\CCCCCCCCC(=O)OCC(COC(=O)CCCCCC/C=C\CCCC)OC(=O)CCCCCCCCCCCCCCC. The van der Waals surface area contributed by atoms with Crippen LogP contribution >= 0.6 is 0 Å². The van der Waals surface area contributed by atoms with Crippen LogP contribution in [0.5, 0.6) is 0 Å². The highest BCUT2D eigenvalue weighted by Gasteiger charge is 2.19. The van der Waals surface area contributed by atoms with Gasteiger partial charge >= 0.3 is 17.9 Å². The van der Waals surface area contributed by atoms with E-state index in [0.29, 0.717) is 19.3 Å². The lowest BCUT2D eigenvalue weighted by Gasteiger charge is -2.18. The van der Waals surface area contributed by atoms with Crippen LogP contribution in [-0.4, -0.2) is 37.2 Å². The van der Waals surface area contributed by atoms with Gasteiger partial charge in [0.2, 0.25) is 0 Å². The predicted octanol–water partition coefficient (Wildman–Crippen LogP) is 15.5. The Morgan fingerprint density at radius 1 is 0.368 bits per heavy atom. The summed E-state index contributed by atoms with van der Waals surface area (Å²) in [6.07, 6.45) is 53.8. The van der Waals surface area contributed by atoms with Crippen molar-refractivity contribution in [2.75, 3.05) is 13.2 Å². The molecule has 1 atom stereocenters. The average molecular weight is 799 g/mol. The highest BCUT2D eigenvalue weighted by atomic mass is 16.6. The van der Waals surface area contributed by atoms with Crippen molar-refractivity contribution in [3.8, 4) is 0 Å². The molecule has 0 aliphatic rings. The average Bonchev–Trinajstić information content (AvgIpc) is 3.21. The number of carbonyl (C=O) groups excluding carboxylic acids is 3. The highest BCUT2D eigenvalue weighted by molar-refractivity contribution is 5.71. The first-order chi connectivity index (χ1) is 28.0. The van der Waals surface area contributed by atoms with Gasteiger partial charge in [-0.15, -0.1) is 0 Å². The van der Waals surface area contributed by atoms with Gasteiger partial charge in [-0.1, -0.05) is 198 Å². The lowest BCUT2D eigenvalue weighted by Crippen LogP contribution is -2.30. The number of carbonyl (C=O) groups is 3. The van der Waals surface area contributed by atoms with Crippen LogP contribution in [0.25, 0.3) is 0 Å². The van der Waals surface area contributed by atoms with E-state index in [-0.39, 0.29) is 31.1 Å². The van der Waals surface area contributed by atoms with Crippen LogP contribution in [0.3, 0.4) is 0 Å². The number of unbranched alkanes of at least 4 members (excludes halogenated alkanes) is 24. The third-order valence-corrected chi connectivity index (χ3v) is 10.3. The van der Waals surface area contributed by atoms with E-state index in [2.05, 4.69) is 69.4 Å². The fourth-order valence-corrected chi connectivity index (χ4v) is 6.67. The maximum Gasteiger partial charge on any atom is 0.306 e. The van der Waals surface area contributed by atoms with Gasteiger partial charge in [0, 0.05) is 19.3 Å². The summed E-state index contributed by atoms with van der Waals surface area (Å²) in [6, 6.07) is 0. The molecule has 0 spiro atoms. The molecule has 0 aromatic carbocycles. The van der Waals surface area contributed by atoms with E-state index in [4.69, 9.17) is 14.2 Å². The first-order valence-electron chi connectivity index (χ1n) is 24.1. The minimum absolute atomic E-state index is 0.0818. The van der Waals surface area contributed by atoms with Crippen LogP contribution in [0.2, 0.25) is 0 Å². The number of allylic oxidation sites excluding steroid dienone is 8. The zero-order valence-corrected chi connectivity index (χ0v) is 37.6. The van der Waals surface area contributed by atoms with Crippen molar-refractivity contribution in [2.45, 2.75) is 245 Å². The molecule has 0 N–H and O–H groups in total. The molecule has 57 heavy (non-hydrogen) atoms. The maximum absolute atomic E-state index is 12.7. The Labute approximate surface area is 352 Å². The molecule has 0 heterocycles. The summed E-state index contributed by atoms with van der Waals surface area (Å²) in [5.74, 6) is -0.904. The quantitative estimate of drug-likeness (QED) is 0.0265. The van der Waals surface area contributed by atoms with E-state index >= 15 is 0 Å². The van der Waals surface area contributed by atoms with E-state index in [1.54, 1.807) is 0 Å². The normalized spacial score (nSPS) is 12.4. The fourth-order valence-electron chi connectivity index (χ4n) is 6.67. The van der Waals surface area contributed by atoms with Gasteiger partial charge in [-0.25, -0.2) is 0 Å². The van der Waals surface area contributed by atoms with Gasteiger partial charge in [-0.05, 0) is 70.6 Å². The van der Waals surface area contributed by atoms with E-state index in [1.807, 2.05) is 0 Å². The van der Waals surface area contributed by atoms with E-state index < -0.39 is 6.10 Å². The minimum atomic E-state index is -0.778. The molecule has 6 heteroatoms. The molecule has 1 unspecified atom stereocenters. The number of hydrogen-bond acceptors (Lipinski definition) is 6. The maximum atomic E-state index is 12.7. The first-order valence-corrected chi connectivity index (χ1v) is 24.1. The minimum Gasteiger partial charge on any atom is -0.462 e. The molecule has 0 rings (SSSR count). The smallest absolute Gasteiger partial charge is 0.306 e. The van der Waals surface area contributed by atoms with E-state index in [9.17, 15) is 14.4 Å². The molecule has 0 aliphatic carbocycles. The van der Waals surface area contributed by atoms with Gasteiger partial charge in [0.15, 0.2) is 6.10 Å². The van der Waals surface area contributed by atoms with Gasteiger partial charge in [0.1, 0.15) is 13.2 Å². The Morgan fingerprint density at radius 2 is 0.702 bits per heavy atom. The molecule has 0 radical (unpaired) electrons. The molecule has 0 saturated heterocycles. The Kier molecular flexibility index (Phi) is 43.9. The van der Waals surface area contributed by atoms with Crippen LogP contribution in [0.15, 0.2) is 48.6 Å². The summed E-state index contributed by atoms with van der Waals surface area (Å²) >= 11 is 0. The molecule has 0 aliphatic heterocycles. The topological polar surface area (TPSA) is 78.9 Å². The van der Waals surface area contributed by atoms with Gasteiger partial charge in [-0.2, -0.15) is 0 Å². The number of rotatable bonds is 43. The molecule has 0 bridgehead atoms. The summed E-state index contributed by atoms with van der Waals surface area (Å²) in [7, 11) is 0. The second-order valence-electron chi connectivity index (χ2n) is 16.0. The van der Waals surface area contributed by atoms with E-state index in [1.165, 1.54) is 96.3 Å². The van der Waals surface area contributed by atoms with Crippen molar-refractivity contribution in [3.63, 3.8) is 0 Å². The Bertz CT molecular complexity index is 1010. The number of ether oxygens (including phenoxy) is 3. The zero-order valence-electron chi connectivity index (χ0n) is 37.6. The monoisotopic (exact) mass is 799 g/mol. The van der Waals surface area contributed by atoms with Crippen LogP contribution in [0, 0.1) is 0 Å². The fraction of sp³-hybridized carbons (Fsp3) is 0.784. The summed E-state index contributed by atoms with van der Waals surface area (Å²) in [5.41, 5.74) is 0. The van der Waals surface area contributed by atoms with E-state index in [0.717, 1.165) is 103 Å². The number of esters is 3. The summed E-state index contributed by atoms with van der Waals surface area (Å²) in [5, 5.41) is 0. The largest absolute Gasteiger partial charge is 0.462 e. The number of hydrogen-bond donors (Lipinski definition) is 0. The van der Waals surface area contributed by atoms with Crippen molar-refractivity contribution in [2.24, 2.45) is 0 Å². The van der Waals surface area contributed by atoms with Gasteiger partial charge in [0.05, 0.1) is 0 Å². The van der Waals surface area contributed by atoms with Crippen molar-refractivity contribution in [1.82, 2.24) is 0 Å². The second-order valence-corrected chi connectivity index (χ2v) is 16.0. The Hall–Kier alpha value is -2.63. The van der Waals surface area contributed by atoms with Crippen molar-refractivity contribution < 1.29 is 28.6 Å². The van der Waals surface area contributed by atoms with Crippen LogP contribution < -0.4 is 0 Å². The van der Waals surface area contributed by atoms with Crippen LogP contribution in [0.1, 0.15) is 239 Å². The highest BCUT2D eigenvalue weighted by Crippen LogP contribution is 2.15. The molecule has 0 amide bonds. The van der Waals surface area contributed by atoms with Crippen LogP contribution in [-0.2, 0) is 28.6 Å². The molecule has 0 aromatic rings. The van der Waals surface area contributed by atoms with Crippen molar-refractivity contribution in [1.29, 1.82) is 0 Å². The third kappa shape index (κ3) is 44.3.